The van der Waals surface area contributed by atoms with Gasteiger partial charge in [0.15, 0.2) is 0 Å². The number of hydrogen-bond acceptors (Lipinski definition) is 2. The number of aryl methyl sites for hydroxylation is 1. The highest BCUT2D eigenvalue weighted by atomic mass is 19.1. The Morgan fingerprint density at radius 2 is 2.13 bits per heavy atom. The number of halogens is 1. The van der Waals surface area contributed by atoms with Crippen molar-refractivity contribution in [2.24, 2.45) is 0 Å². The monoisotopic (exact) mass is 211 g/mol. The molecule has 0 aliphatic carbocycles. The summed E-state index contributed by atoms with van der Waals surface area (Å²) in [5.74, 6) is -0.163. The molecule has 0 saturated heterocycles. The fourth-order valence-corrected chi connectivity index (χ4v) is 1.55. The lowest BCUT2D eigenvalue weighted by Crippen LogP contribution is -2.26. The van der Waals surface area contributed by atoms with Crippen LogP contribution in [-0.4, -0.2) is 29.7 Å². The molecule has 0 heterocycles. The van der Waals surface area contributed by atoms with Gasteiger partial charge < -0.3 is 5.11 Å². The van der Waals surface area contributed by atoms with E-state index in [9.17, 15) is 4.39 Å². The van der Waals surface area contributed by atoms with Crippen LogP contribution in [-0.2, 0) is 6.54 Å². The van der Waals surface area contributed by atoms with E-state index < -0.39 is 0 Å². The number of aliphatic hydroxyl groups is 1. The highest BCUT2D eigenvalue weighted by Crippen LogP contribution is 2.11. The highest BCUT2D eigenvalue weighted by Gasteiger charge is 2.04. The van der Waals surface area contributed by atoms with E-state index in [1.54, 1.807) is 13.0 Å². The van der Waals surface area contributed by atoms with Crippen molar-refractivity contribution in [3.63, 3.8) is 0 Å². The lowest BCUT2D eigenvalue weighted by molar-refractivity contribution is 0.197. The summed E-state index contributed by atoms with van der Waals surface area (Å²) in [6, 6.07) is 5.15. The van der Waals surface area contributed by atoms with Crippen molar-refractivity contribution < 1.29 is 9.50 Å². The maximum absolute atomic E-state index is 13.0. The van der Waals surface area contributed by atoms with Crippen molar-refractivity contribution in [3.05, 3.63) is 35.1 Å². The van der Waals surface area contributed by atoms with E-state index >= 15 is 0 Å². The minimum atomic E-state index is -0.163. The van der Waals surface area contributed by atoms with Gasteiger partial charge in [-0.2, -0.15) is 0 Å². The molecule has 0 unspecified atom stereocenters. The Labute approximate surface area is 90.3 Å². The standard InChI is InChI=1S/C12H18FNO/c1-3-14(6-7-15)9-11-4-5-12(13)10(2)8-11/h4-5,8,15H,3,6-7,9H2,1-2H3. The summed E-state index contributed by atoms with van der Waals surface area (Å²) in [7, 11) is 0. The lowest BCUT2D eigenvalue weighted by atomic mass is 10.1. The van der Waals surface area contributed by atoms with Crippen LogP contribution in [0.2, 0.25) is 0 Å². The van der Waals surface area contributed by atoms with E-state index in [1.807, 2.05) is 13.0 Å². The molecule has 1 aromatic carbocycles. The van der Waals surface area contributed by atoms with Crippen LogP contribution < -0.4 is 0 Å². The summed E-state index contributed by atoms with van der Waals surface area (Å²) in [4.78, 5) is 2.12. The molecule has 0 aliphatic heterocycles. The number of aliphatic hydroxyl groups excluding tert-OH is 1. The van der Waals surface area contributed by atoms with Crippen LogP contribution in [0.25, 0.3) is 0 Å². The molecule has 0 aliphatic rings. The summed E-state index contributed by atoms with van der Waals surface area (Å²) in [5, 5.41) is 8.84. The van der Waals surface area contributed by atoms with Gasteiger partial charge in [0.2, 0.25) is 0 Å². The predicted molar refractivity (Wildman–Crippen MR) is 59.2 cm³/mol. The predicted octanol–water partition coefficient (Wildman–Crippen LogP) is 1.95. The third-order valence-corrected chi connectivity index (χ3v) is 2.49. The molecule has 84 valence electrons. The zero-order valence-corrected chi connectivity index (χ0v) is 9.33. The summed E-state index contributed by atoms with van der Waals surface area (Å²) in [6.45, 7) is 6.28. The van der Waals surface area contributed by atoms with Crippen LogP contribution in [0.5, 0.6) is 0 Å². The van der Waals surface area contributed by atoms with E-state index in [0.29, 0.717) is 12.1 Å². The van der Waals surface area contributed by atoms with Gasteiger partial charge in [-0.15, -0.1) is 0 Å². The fourth-order valence-electron chi connectivity index (χ4n) is 1.55. The van der Waals surface area contributed by atoms with E-state index in [2.05, 4.69) is 4.90 Å². The maximum Gasteiger partial charge on any atom is 0.126 e. The average Bonchev–Trinajstić information content (AvgIpc) is 2.23. The molecular weight excluding hydrogens is 193 g/mol. The van der Waals surface area contributed by atoms with Crippen molar-refractivity contribution in [3.8, 4) is 0 Å². The van der Waals surface area contributed by atoms with Crippen LogP contribution in [0.3, 0.4) is 0 Å². The van der Waals surface area contributed by atoms with E-state index in [0.717, 1.165) is 18.7 Å². The molecule has 1 N–H and O–H groups in total. The highest BCUT2D eigenvalue weighted by molar-refractivity contribution is 5.23. The molecule has 0 fully saturated rings. The first-order valence-corrected chi connectivity index (χ1v) is 5.25. The van der Waals surface area contributed by atoms with Gasteiger partial charge in [-0.05, 0) is 30.7 Å². The fraction of sp³-hybridized carbons (Fsp3) is 0.500. The average molecular weight is 211 g/mol. The van der Waals surface area contributed by atoms with Crippen LogP contribution in [0.15, 0.2) is 18.2 Å². The number of rotatable bonds is 5. The summed E-state index contributed by atoms with van der Waals surface area (Å²) in [6.07, 6.45) is 0. The van der Waals surface area contributed by atoms with Crippen molar-refractivity contribution in [2.45, 2.75) is 20.4 Å². The molecule has 2 nitrogen and oxygen atoms in total. The Morgan fingerprint density at radius 1 is 1.40 bits per heavy atom. The first-order valence-electron chi connectivity index (χ1n) is 5.25. The Balaban J connectivity index is 2.66. The third-order valence-electron chi connectivity index (χ3n) is 2.49. The number of nitrogens with zero attached hydrogens (tertiary/aromatic N) is 1. The molecule has 0 aromatic heterocycles. The molecular formula is C12H18FNO. The second kappa shape index (κ2) is 5.83. The quantitative estimate of drug-likeness (QED) is 0.804. The number of benzene rings is 1. The van der Waals surface area contributed by atoms with E-state index in [-0.39, 0.29) is 12.4 Å². The molecule has 0 spiro atoms. The van der Waals surface area contributed by atoms with Gasteiger partial charge in [0.05, 0.1) is 6.61 Å². The first kappa shape index (κ1) is 12.1. The molecule has 1 aromatic rings. The third kappa shape index (κ3) is 3.61. The summed E-state index contributed by atoms with van der Waals surface area (Å²) < 4.78 is 13.0. The number of likely N-dealkylation sites (N-methyl/N-ethyl adjacent to an activating group) is 1. The zero-order chi connectivity index (χ0) is 11.3. The molecule has 0 bridgehead atoms. The molecule has 0 amide bonds. The molecule has 0 saturated carbocycles. The first-order chi connectivity index (χ1) is 7.17. The smallest absolute Gasteiger partial charge is 0.126 e. The normalized spacial score (nSPS) is 11.0. The second-order valence-electron chi connectivity index (χ2n) is 3.68. The van der Waals surface area contributed by atoms with Gasteiger partial charge in [-0.3, -0.25) is 4.90 Å². The Bertz CT molecular complexity index is 314. The van der Waals surface area contributed by atoms with Crippen molar-refractivity contribution in [2.75, 3.05) is 19.7 Å². The van der Waals surface area contributed by atoms with Gasteiger partial charge in [0.25, 0.3) is 0 Å². The molecule has 0 atom stereocenters. The Morgan fingerprint density at radius 3 is 2.67 bits per heavy atom. The molecule has 1 rings (SSSR count). The summed E-state index contributed by atoms with van der Waals surface area (Å²) in [5.41, 5.74) is 1.76. The van der Waals surface area contributed by atoms with Gasteiger partial charge >= 0.3 is 0 Å². The zero-order valence-electron chi connectivity index (χ0n) is 9.33. The lowest BCUT2D eigenvalue weighted by Gasteiger charge is -2.19. The van der Waals surface area contributed by atoms with Crippen LogP contribution in [0.4, 0.5) is 4.39 Å². The van der Waals surface area contributed by atoms with Crippen molar-refractivity contribution in [1.29, 1.82) is 0 Å². The second-order valence-corrected chi connectivity index (χ2v) is 3.68. The molecule has 15 heavy (non-hydrogen) atoms. The topological polar surface area (TPSA) is 23.5 Å². The van der Waals surface area contributed by atoms with Gasteiger partial charge in [-0.1, -0.05) is 19.1 Å². The minimum Gasteiger partial charge on any atom is -0.395 e. The van der Waals surface area contributed by atoms with E-state index in [4.69, 9.17) is 5.11 Å². The van der Waals surface area contributed by atoms with Gasteiger partial charge in [0, 0.05) is 13.1 Å². The van der Waals surface area contributed by atoms with Crippen LogP contribution in [0.1, 0.15) is 18.1 Å². The number of hydrogen-bond donors (Lipinski definition) is 1. The van der Waals surface area contributed by atoms with Crippen molar-refractivity contribution >= 4 is 0 Å². The SMILES string of the molecule is CCN(CCO)Cc1ccc(F)c(C)c1. The van der Waals surface area contributed by atoms with Crippen molar-refractivity contribution in [1.82, 2.24) is 4.90 Å². The van der Waals surface area contributed by atoms with E-state index in [1.165, 1.54) is 6.07 Å². The van der Waals surface area contributed by atoms with Crippen LogP contribution in [0, 0.1) is 12.7 Å². The molecule has 0 radical (unpaired) electrons. The minimum absolute atomic E-state index is 0.161. The Kier molecular flexibility index (Phi) is 4.72. The largest absolute Gasteiger partial charge is 0.395 e. The Hall–Kier alpha value is -0.930. The molecule has 3 heteroatoms. The van der Waals surface area contributed by atoms with Crippen LogP contribution >= 0.6 is 0 Å². The van der Waals surface area contributed by atoms with Gasteiger partial charge in [0.1, 0.15) is 5.82 Å². The van der Waals surface area contributed by atoms with Gasteiger partial charge in [-0.25, -0.2) is 4.39 Å². The summed E-state index contributed by atoms with van der Waals surface area (Å²) >= 11 is 0. The maximum atomic E-state index is 13.0.